The van der Waals surface area contributed by atoms with Crippen molar-refractivity contribution in [2.45, 2.75) is 90.9 Å². The Morgan fingerprint density at radius 3 is 2.69 bits per heavy atom. The summed E-state index contributed by atoms with van der Waals surface area (Å²) in [7, 11) is 0. The molecule has 0 spiro atoms. The molecular formula is C36H50F2N6O. The van der Waals surface area contributed by atoms with E-state index in [0.29, 0.717) is 36.6 Å². The zero-order chi connectivity index (χ0) is 32.0. The summed E-state index contributed by atoms with van der Waals surface area (Å²) in [6, 6.07) is 12.8. The fraction of sp³-hybridized carbons (Fsp3) is 0.556. The molecule has 1 aliphatic heterocycles. The van der Waals surface area contributed by atoms with Gasteiger partial charge in [0.1, 0.15) is 11.6 Å². The maximum absolute atomic E-state index is 14.5. The number of hydrogen-bond donors (Lipinski definition) is 3. The topological polar surface area (TPSA) is 74.2 Å². The van der Waals surface area contributed by atoms with Gasteiger partial charge in [-0.2, -0.15) is 0 Å². The van der Waals surface area contributed by atoms with Gasteiger partial charge in [0.05, 0.1) is 18.4 Å². The number of hydrogen-bond acceptors (Lipinski definition) is 5. The van der Waals surface area contributed by atoms with Gasteiger partial charge in [-0.05, 0) is 79.3 Å². The van der Waals surface area contributed by atoms with Crippen LogP contribution in [0, 0.1) is 23.0 Å². The monoisotopic (exact) mass is 620 g/mol. The molecule has 1 saturated heterocycles. The first-order valence-electron chi connectivity index (χ1n) is 16.6. The minimum Gasteiger partial charge on any atom is -0.331 e. The first kappa shape index (κ1) is 33.2. The fourth-order valence-corrected chi connectivity index (χ4v) is 6.87. The van der Waals surface area contributed by atoms with Crippen LogP contribution in [0.5, 0.6) is 0 Å². The highest BCUT2D eigenvalue weighted by Gasteiger charge is 2.34. The van der Waals surface area contributed by atoms with Crippen LogP contribution < -0.4 is 16.0 Å². The molecule has 0 bridgehead atoms. The third kappa shape index (κ3) is 9.21. The lowest BCUT2D eigenvalue weighted by Gasteiger charge is -2.29. The number of anilines is 1. The van der Waals surface area contributed by atoms with E-state index in [4.69, 9.17) is 0 Å². The van der Waals surface area contributed by atoms with Crippen molar-refractivity contribution in [3.05, 3.63) is 83.3 Å². The minimum absolute atomic E-state index is 0.0564. The standard InChI is InChI=1S/C36H50F2N6O/c1-5-9-32(41-29-13-12-26-16-28(37)17-31(38)30(26)18-29)35(45)42-34-22-44(24-40-34)33-21-43(19-25-10-7-6-8-11-25)20-27(33)14-15-39-23-36(2,3)4/h6-8,10-11,16-17,22,24,27,29,32-33,39,41H,5,9,12-15,18-21,23H2,1-4H3,(H,42,45)/t27-,29+,32-,33?/m1/s1. The fourth-order valence-electron chi connectivity index (χ4n) is 6.87. The Kier molecular flexibility index (Phi) is 11.1. The van der Waals surface area contributed by atoms with Crippen LogP contribution in [0.25, 0.3) is 0 Å². The summed E-state index contributed by atoms with van der Waals surface area (Å²) in [5.41, 5.74) is 2.83. The van der Waals surface area contributed by atoms with E-state index in [2.05, 4.69) is 81.5 Å². The van der Waals surface area contributed by atoms with Crippen molar-refractivity contribution >= 4 is 11.7 Å². The molecule has 3 N–H and O–H groups in total. The maximum Gasteiger partial charge on any atom is 0.242 e. The molecule has 1 aliphatic carbocycles. The second-order valence-corrected chi connectivity index (χ2v) is 14.2. The quantitative estimate of drug-likeness (QED) is 0.201. The summed E-state index contributed by atoms with van der Waals surface area (Å²) in [5, 5.41) is 10.2. The lowest BCUT2D eigenvalue weighted by atomic mass is 9.87. The smallest absolute Gasteiger partial charge is 0.242 e. The van der Waals surface area contributed by atoms with Gasteiger partial charge in [0, 0.05) is 37.9 Å². The summed E-state index contributed by atoms with van der Waals surface area (Å²) in [5.74, 6) is -0.171. The summed E-state index contributed by atoms with van der Waals surface area (Å²) in [6.07, 6.45) is 8.11. The van der Waals surface area contributed by atoms with Crippen LogP contribution in [0.15, 0.2) is 55.0 Å². The third-order valence-corrected chi connectivity index (χ3v) is 9.11. The molecular weight excluding hydrogens is 570 g/mol. The van der Waals surface area contributed by atoms with Crippen LogP contribution in [0.1, 0.15) is 76.1 Å². The molecule has 2 aliphatic rings. The first-order valence-corrected chi connectivity index (χ1v) is 16.6. The van der Waals surface area contributed by atoms with Crippen LogP contribution in [0.2, 0.25) is 0 Å². The van der Waals surface area contributed by atoms with E-state index in [-0.39, 0.29) is 23.4 Å². The highest BCUT2D eigenvalue weighted by atomic mass is 19.1. The number of halogens is 2. The lowest BCUT2D eigenvalue weighted by Crippen LogP contribution is -2.48. The number of carbonyl (C=O) groups is 1. The van der Waals surface area contributed by atoms with Crippen molar-refractivity contribution in [2.75, 3.05) is 31.5 Å². The highest BCUT2D eigenvalue weighted by Crippen LogP contribution is 2.32. The summed E-state index contributed by atoms with van der Waals surface area (Å²) >= 11 is 0. The second kappa shape index (κ2) is 15.0. The SMILES string of the molecule is CCC[C@@H](N[C@H]1CCc2cc(F)cc(F)c2C1)C(=O)Nc1cn(C2CN(Cc3ccccc3)C[C@H]2CCNCC(C)(C)C)cn1. The number of benzene rings is 2. The van der Waals surface area contributed by atoms with Crippen molar-refractivity contribution < 1.29 is 13.6 Å². The van der Waals surface area contributed by atoms with Gasteiger partial charge in [-0.25, -0.2) is 13.8 Å². The van der Waals surface area contributed by atoms with Gasteiger partial charge in [-0.1, -0.05) is 64.4 Å². The Labute approximate surface area is 267 Å². The molecule has 5 rings (SSSR count). The Hall–Kier alpha value is -3.14. The van der Waals surface area contributed by atoms with Crippen LogP contribution in [0.3, 0.4) is 0 Å². The number of imidazole rings is 1. The number of rotatable bonds is 13. The third-order valence-electron chi connectivity index (χ3n) is 9.11. The van der Waals surface area contributed by atoms with Crippen molar-refractivity contribution in [2.24, 2.45) is 11.3 Å². The summed E-state index contributed by atoms with van der Waals surface area (Å²) in [6.45, 7) is 13.6. The Morgan fingerprint density at radius 2 is 1.93 bits per heavy atom. The number of fused-ring (bicyclic) bond motifs is 1. The van der Waals surface area contributed by atoms with E-state index in [1.54, 1.807) is 0 Å². The Morgan fingerprint density at radius 1 is 1.13 bits per heavy atom. The molecule has 2 heterocycles. The molecule has 1 amide bonds. The summed E-state index contributed by atoms with van der Waals surface area (Å²) < 4.78 is 30.4. The van der Waals surface area contributed by atoms with E-state index in [1.165, 1.54) is 11.6 Å². The molecule has 1 unspecified atom stereocenters. The van der Waals surface area contributed by atoms with E-state index >= 15 is 0 Å². The molecule has 3 aromatic rings. The lowest BCUT2D eigenvalue weighted by molar-refractivity contribution is -0.118. The second-order valence-electron chi connectivity index (χ2n) is 14.2. The van der Waals surface area contributed by atoms with Crippen LogP contribution in [-0.2, 0) is 24.2 Å². The normalized spacial score (nSPS) is 21.1. The molecule has 45 heavy (non-hydrogen) atoms. The van der Waals surface area contributed by atoms with E-state index in [1.807, 2.05) is 19.4 Å². The molecule has 7 nitrogen and oxygen atoms in total. The van der Waals surface area contributed by atoms with Gasteiger partial charge in [0.25, 0.3) is 0 Å². The van der Waals surface area contributed by atoms with Crippen molar-refractivity contribution in [1.82, 2.24) is 25.1 Å². The van der Waals surface area contributed by atoms with E-state index < -0.39 is 17.7 Å². The molecule has 0 saturated carbocycles. The van der Waals surface area contributed by atoms with Gasteiger partial charge in [0.15, 0.2) is 5.82 Å². The Bertz CT molecular complexity index is 1400. The number of nitrogens with one attached hydrogen (secondary N) is 3. The van der Waals surface area contributed by atoms with Crippen LogP contribution in [0.4, 0.5) is 14.6 Å². The number of nitrogens with zero attached hydrogens (tertiary/aromatic N) is 3. The number of aromatic nitrogens is 2. The molecule has 244 valence electrons. The molecule has 9 heteroatoms. The minimum atomic E-state index is -0.537. The number of amides is 1. The maximum atomic E-state index is 14.5. The van der Waals surface area contributed by atoms with Gasteiger partial charge in [0.2, 0.25) is 5.91 Å². The molecule has 2 aromatic carbocycles. The number of likely N-dealkylation sites (tertiary alicyclic amines) is 1. The molecule has 0 radical (unpaired) electrons. The number of aryl methyl sites for hydroxylation is 1. The Balaban J connectivity index is 1.22. The molecule has 4 atom stereocenters. The molecule has 1 aromatic heterocycles. The van der Waals surface area contributed by atoms with Crippen molar-refractivity contribution in [1.29, 1.82) is 0 Å². The van der Waals surface area contributed by atoms with Gasteiger partial charge in [-0.15, -0.1) is 0 Å². The zero-order valence-corrected chi connectivity index (χ0v) is 27.3. The first-order chi connectivity index (χ1) is 21.6. The van der Waals surface area contributed by atoms with Crippen molar-refractivity contribution in [3.8, 4) is 0 Å². The zero-order valence-electron chi connectivity index (χ0n) is 27.3. The predicted molar refractivity (Wildman–Crippen MR) is 176 cm³/mol. The van der Waals surface area contributed by atoms with Gasteiger partial charge >= 0.3 is 0 Å². The van der Waals surface area contributed by atoms with Crippen LogP contribution >= 0.6 is 0 Å². The average Bonchev–Trinajstić information content (AvgIpc) is 3.62. The predicted octanol–water partition coefficient (Wildman–Crippen LogP) is 6.11. The van der Waals surface area contributed by atoms with E-state index in [0.717, 1.165) is 63.6 Å². The van der Waals surface area contributed by atoms with E-state index in [9.17, 15) is 13.6 Å². The number of carbonyl (C=O) groups excluding carboxylic acids is 1. The van der Waals surface area contributed by atoms with Crippen LogP contribution in [-0.4, -0.2) is 58.6 Å². The molecule has 1 fully saturated rings. The highest BCUT2D eigenvalue weighted by molar-refractivity contribution is 5.94. The van der Waals surface area contributed by atoms with Gasteiger partial charge in [-0.3, -0.25) is 9.69 Å². The average molecular weight is 621 g/mol. The van der Waals surface area contributed by atoms with Crippen molar-refractivity contribution in [3.63, 3.8) is 0 Å². The van der Waals surface area contributed by atoms with Gasteiger partial charge < -0.3 is 20.5 Å². The largest absolute Gasteiger partial charge is 0.331 e. The summed E-state index contributed by atoms with van der Waals surface area (Å²) in [4.78, 5) is 20.6.